The second-order valence-electron chi connectivity index (χ2n) is 6.14. The molecule has 3 rings (SSSR count). The lowest BCUT2D eigenvalue weighted by molar-refractivity contribution is -0.0379. The molecule has 2 aromatic rings. The van der Waals surface area contributed by atoms with Gasteiger partial charge in [0.1, 0.15) is 4.83 Å². The van der Waals surface area contributed by atoms with E-state index >= 15 is 0 Å². The number of aromatic nitrogens is 2. The van der Waals surface area contributed by atoms with Gasteiger partial charge in [-0.2, -0.15) is 0 Å². The monoisotopic (exact) mass is 320 g/mol. The number of hydrogen-bond donors (Lipinski definition) is 0. The Kier molecular flexibility index (Phi) is 3.61. The molecule has 0 amide bonds. The van der Waals surface area contributed by atoms with Crippen LogP contribution in [-0.4, -0.2) is 14.7 Å². The van der Waals surface area contributed by atoms with E-state index in [-0.39, 0.29) is 16.9 Å². The molecule has 118 valence electrons. The first-order chi connectivity index (χ1) is 10.4. The van der Waals surface area contributed by atoms with Crippen molar-refractivity contribution in [2.45, 2.75) is 52.5 Å². The van der Waals surface area contributed by atoms with Crippen molar-refractivity contribution in [2.24, 2.45) is 0 Å². The molecule has 2 aromatic heterocycles. The van der Waals surface area contributed by atoms with E-state index < -0.39 is 0 Å². The van der Waals surface area contributed by atoms with Crippen LogP contribution in [0.25, 0.3) is 10.2 Å². The van der Waals surface area contributed by atoms with Crippen LogP contribution in [0.5, 0.6) is 0 Å². The minimum absolute atomic E-state index is 0.182. The lowest BCUT2D eigenvalue weighted by Crippen LogP contribution is -2.39. The fourth-order valence-electron chi connectivity index (χ4n) is 2.97. The van der Waals surface area contributed by atoms with Gasteiger partial charge in [0.15, 0.2) is 0 Å². The molecule has 0 unspecified atom stereocenters. The zero-order valence-electron chi connectivity index (χ0n) is 13.1. The molecule has 6 heteroatoms. The molecule has 0 aromatic carbocycles. The third-order valence-corrected chi connectivity index (χ3v) is 5.29. The smallest absolute Gasteiger partial charge is 0.332 e. The molecule has 0 spiro atoms. The average Bonchev–Trinajstić information content (AvgIpc) is 2.81. The first-order valence-corrected chi connectivity index (χ1v) is 8.24. The molecule has 3 heterocycles. The Hall–Kier alpha value is -1.66. The Labute approximate surface area is 132 Å². The lowest BCUT2D eigenvalue weighted by Gasteiger charge is -2.29. The van der Waals surface area contributed by atoms with E-state index in [2.05, 4.69) is 6.58 Å². The molecule has 0 aliphatic carbocycles. The van der Waals surface area contributed by atoms with Gasteiger partial charge in [-0.1, -0.05) is 6.08 Å². The van der Waals surface area contributed by atoms with E-state index in [1.54, 1.807) is 10.6 Å². The van der Waals surface area contributed by atoms with Crippen LogP contribution in [0.2, 0.25) is 0 Å². The van der Waals surface area contributed by atoms with E-state index in [4.69, 9.17) is 4.74 Å². The van der Waals surface area contributed by atoms with Gasteiger partial charge in [0, 0.05) is 24.4 Å². The summed E-state index contributed by atoms with van der Waals surface area (Å²) in [6.45, 7) is 10.9. The summed E-state index contributed by atoms with van der Waals surface area (Å²) in [6.07, 6.45) is 2.37. The molecule has 0 bridgehead atoms. The summed E-state index contributed by atoms with van der Waals surface area (Å²) in [5, 5.41) is 0.680. The summed E-state index contributed by atoms with van der Waals surface area (Å²) in [4.78, 5) is 27.1. The maximum Gasteiger partial charge on any atom is 0.332 e. The van der Waals surface area contributed by atoms with Crippen LogP contribution < -0.4 is 11.2 Å². The summed E-state index contributed by atoms with van der Waals surface area (Å²) in [5.74, 6) is 0. The van der Waals surface area contributed by atoms with Crippen molar-refractivity contribution >= 4 is 21.6 Å². The number of hydrogen-bond acceptors (Lipinski definition) is 4. The van der Waals surface area contributed by atoms with Gasteiger partial charge in [0.25, 0.3) is 5.56 Å². The quantitative estimate of drug-likeness (QED) is 0.815. The Morgan fingerprint density at radius 2 is 2.09 bits per heavy atom. The van der Waals surface area contributed by atoms with Crippen LogP contribution in [0.3, 0.4) is 0 Å². The second kappa shape index (κ2) is 5.21. The van der Waals surface area contributed by atoms with Crippen LogP contribution in [0.1, 0.15) is 31.2 Å². The molecule has 22 heavy (non-hydrogen) atoms. The minimum Gasteiger partial charge on any atom is -0.370 e. The highest BCUT2D eigenvalue weighted by Crippen LogP contribution is 2.37. The zero-order chi connectivity index (χ0) is 16.1. The van der Waals surface area contributed by atoms with E-state index in [0.29, 0.717) is 31.5 Å². The summed E-state index contributed by atoms with van der Waals surface area (Å²) in [7, 11) is 0. The number of thiophene rings is 1. The van der Waals surface area contributed by atoms with Gasteiger partial charge in [0.2, 0.25) is 0 Å². The summed E-state index contributed by atoms with van der Waals surface area (Å²) >= 11 is 1.49. The molecule has 0 radical (unpaired) electrons. The standard InChI is InChI=1S/C16H20N2O3S/c1-5-7-18-14-12(13(19)17(6-2)15(18)20)10-8-16(3,4)21-9-11(10)22-14/h5H,1,6-9H2,2-4H3. The fraction of sp³-hybridized carbons (Fsp3) is 0.500. The SMILES string of the molecule is C=CCn1c(=O)n(CC)c(=O)c2c3c(sc21)COC(C)(C)C3. The van der Waals surface area contributed by atoms with Crippen LogP contribution >= 0.6 is 11.3 Å². The number of nitrogens with zero attached hydrogens (tertiary/aromatic N) is 2. The van der Waals surface area contributed by atoms with Gasteiger partial charge in [-0.3, -0.25) is 13.9 Å². The Morgan fingerprint density at radius 1 is 1.36 bits per heavy atom. The molecular formula is C16H20N2O3S. The first kappa shape index (κ1) is 15.2. The predicted octanol–water partition coefficient (Wildman–Crippen LogP) is 2.28. The molecule has 0 saturated carbocycles. The van der Waals surface area contributed by atoms with Crippen LogP contribution in [0.15, 0.2) is 22.2 Å². The number of fused-ring (bicyclic) bond motifs is 3. The molecule has 0 fully saturated rings. The molecule has 1 aliphatic rings. The van der Waals surface area contributed by atoms with Gasteiger partial charge in [-0.05, 0) is 26.3 Å². The Balaban J connectivity index is 2.43. The van der Waals surface area contributed by atoms with Crippen molar-refractivity contribution < 1.29 is 4.74 Å². The Morgan fingerprint density at radius 3 is 2.73 bits per heavy atom. The highest BCUT2D eigenvalue weighted by Gasteiger charge is 2.31. The summed E-state index contributed by atoms with van der Waals surface area (Å²) < 4.78 is 8.79. The summed E-state index contributed by atoms with van der Waals surface area (Å²) in [6, 6.07) is 0. The van der Waals surface area contributed by atoms with Crippen molar-refractivity contribution in [1.29, 1.82) is 0 Å². The van der Waals surface area contributed by atoms with E-state index in [1.165, 1.54) is 15.9 Å². The predicted molar refractivity (Wildman–Crippen MR) is 88.8 cm³/mol. The molecule has 1 aliphatic heterocycles. The highest BCUT2D eigenvalue weighted by molar-refractivity contribution is 7.18. The van der Waals surface area contributed by atoms with Gasteiger partial charge in [-0.25, -0.2) is 4.79 Å². The van der Waals surface area contributed by atoms with E-state index in [9.17, 15) is 9.59 Å². The van der Waals surface area contributed by atoms with Gasteiger partial charge < -0.3 is 4.74 Å². The fourth-order valence-corrected chi connectivity index (χ4v) is 4.20. The zero-order valence-corrected chi connectivity index (χ0v) is 14.0. The van der Waals surface area contributed by atoms with Crippen molar-refractivity contribution in [1.82, 2.24) is 9.13 Å². The second-order valence-corrected chi connectivity index (χ2v) is 7.22. The third-order valence-electron chi connectivity index (χ3n) is 4.06. The van der Waals surface area contributed by atoms with Gasteiger partial charge in [0.05, 0.1) is 17.6 Å². The summed E-state index contributed by atoms with van der Waals surface area (Å²) in [5.41, 5.74) is 0.308. The van der Waals surface area contributed by atoms with Crippen molar-refractivity contribution in [3.05, 3.63) is 43.9 Å². The van der Waals surface area contributed by atoms with Crippen molar-refractivity contribution in [2.75, 3.05) is 0 Å². The molecule has 0 atom stereocenters. The molecule has 5 nitrogen and oxygen atoms in total. The van der Waals surface area contributed by atoms with Crippen LogP contribution in [-0.2, 0) is 30.9 Å². The van der Waals surface area contributed by atoms with Crippen molar-refractivity contribution in [3.63, 3.8) is 0 Å². The largest absolute Gasteiger partial charge is 0.370 e. The molecule has 0 saturated heterocycles. The normalized spacial score (nSPS) is 16.7. The first-order valence-electron chi connectivity index (χ1n) is 7.42. The van der Waals surface area contributed by atoms with Crippen LogP contribution in [0, 0.1) is 0 Å². The van der Waals surface area contributed by atoms with Gasteiger partial charge in [-0.15, -0.1) is 17.9 Å². The van der Waals surface area contributed by atoms with Gasteiger partial charge >= 0.3 is 5.69 Å². The average molecular weight is 320 g/mol. The van der Waals surface area contributed by atoms with Crippen LogP contribution in [0.4, 0.5) is 0 Å². The Bertz CT molecular complexity index is 870. The van der Waals surface area contributed by atoms with E-state index in [1.807, 2.05) is 20.8 Å². The maximum atomic E-state index is 12.8. The highest BCUT2D eigenvalue weighted by atomic mass is 32.1. The third kappa shape index (κ3) is 2.18. The number of rotatable bonds is 3. The molecular weight excluding hydrogens is 300 g/mol. The van der Waals surface area contributed by atoms with Crippen molar-refractivity contribution in [3.8, 4) is 0 Å². The minimum atomic E-state index is -0.288. The number of allylic oxidation sites excluding steroid dienone is 1. The molecule has 0 N–H and O–H groups in total. The number of ether oxygens (including phenoxy) is 1. The topological polar surface area (TPSA) is 53.2 Å². The maximum absolute atomic E-state index is 12.8. The van der Waals surface area contributed by atoms with E-state index in [0.717, 1.165) is 15.3 Å². The lowest BCUT2D eigenvalue weighted by atomic mass is 9.94.